The quantitative estimate of drug-likeness (QED) is 0.216. The van der Waals surface area contributed by atoms with Gasteiger partial charge >= 0.3 is 6.73 Å². The fraction of sp³-hybridized carbons (Fsp3) is 0.476. The molecule has 2 aromatic heterocycles. The first-order valence-electron chi connectivity index (χ1n) is 10.1. The van der Waals surface area contributed by atoms with Crippen molar-refractivity contribution in [1.82, 2.24) is 19.6 Å². The van der Waals surface area contributed by atoms with E-state index in [0.29, 0.717) is 12.8 Å². The molecule has 9 nitrogen and oxygen atoms in total. The van der Waals surface area contributed by atoms with Gasteiger partial charge < -0.3 is 4.57 Å². The molecule has 160 valence electrons. The van der Waals surface area contributed by atoms with Gasteiger partial charge in [0.25, 0.3) is 0 Å². The Labute approximate surface area is 174 Å². The number of hydrogen-bond donors (Lipinski definition) is 0. The van der Waals surface area contributed by atoms with Gasteiger partial charge in [0.15, 0.2) is 0 Å². The van der Waals surface area contributed by atoms with Gasteiger partial charge in [-0.15, -0.1) is 0 Å². The first-order chi connectivity index (χ1) is 14.4. The molecule has 1 aromatic carbocycles. The third kappa shape index (κ3) is 4.91. The Morgan fingerprint density at radius 2 is 2.03 bits per heavy atom. The van der Waals surface area contributed by atoms with Crippen molar-refractivity contribution in [3.8, 4) is 0 Å². The minimum atomic E-state index is -0.711. The van der Waals surface area contributed by atoms with Gasteiger partial charge in [0.2, 0.25) is 5.91 Å². The maximum atomic E-state index is 11.9. The highest BCUT2D eigenvalue weighted by Gasteiger charge is 2.16. The fourth-order valence-corrected chi connectivity index (χ4v) is 3.48. The maximum absolute atomic E-state index is 11.9. The second-order valence-electron chi connectivity index (χ2n) is 7.60. The molecule has 0 aliphatic carbocycles. The van der Waals surface area contributed by atoms with Gasteiger partial charge in [-0.1, -0.05) is 38.5 Å². The van der Waals surface area contributed by atoms with Crippen molar-refractivity contribution >= 4 is 27.8 Å². The molecule has 1 amide bonds. The van der Waals surface area contributed by atoms with Crippen LogP contribution in [0.1, 0.15) is 51.1 Å². The van der Waals surface area contributed by atoms with E-state index in [0.717, 1.165) is 52.1 Å². The number of hydrogen-bond acceptors (Lipinski definition) is 6. The molecule has 0 fully saturated rings. The molecule has 0 radical (unpaired) electrons. The van der Waals surface area contributed by atoms with Crippen molar-refractivity contribution < 1.29 is 14.6 Å². The third-order valence-corrected chi connectivity index (χ3v) is 5.02. The number of nitrogens with zero attached hydrogens (tertiary/aromatic N) is 5. The molecular weight excluding hydrogens is 386 g/mol. The zero-order valence-electron chi connectivity index (χ0n) is 17.6. The SMILES string of the molecule is CC(C)c1nc2ccccc2c2c1ncn2CCCCCC(=O)N(C)OC[N+](=O)[O-]. The molecule has 9 heteroatoms. The predicted octanol–water partition coefficient (Wildman–Crippen LogP) is 3.89. The topological polar surface area (TPSA) is 103 Å². The number of unbranched alkanes of at least 4 members (excludes halogenated alkanes) is 2. The molecule has 0 saturated heterocycles. The molecule has 3 aromatic rings. The summed E-state index contributed by atoms with van der Waals surface area (Å²) in [5, 5.41) is 12.3. The first kappa shape index (κ1) is 21.6. The molecule has 2 heterocycles. The van der Waals surface area contributed by atoms with Crippen LogP contribution in [0, 0.1) is 10.1 Å². The minimum Gasteiger partial charge on any atom is -0.330 e. The number of aryl methyl sites for hydroxylation is 1. The highest BCUT2D eigenvalue weighted by molar-refractivity contribution is 6.03. The van der Waals surface area contributed by atoms with Crippen molar-refractivity contribution in [2.75, 3.05) is 13.8 Å². The van der Waals surface area contributed by atoms with E-state index < -0.39 is 11.7 Å². The van der Waals surface area contributed by atoms with Crippen LogP contribution < -0.4 is 0 Å². The number of rotatable bonds is 10. The lowest BCUT2D eigenvalue weighted by molar-refractivity contribution is -0.543. The monoisotopic (exact) mass is 413 g/mol. The molecule has 3 rings (SSSR count). The van der Waals surface area contributed by atoms with E-state index in [2.05, 4.69) is 29.5 Å². The van der Waals surface area contributed by atoms with E-state index in [9.17, 15) is 14.9 Å². The van der Waals surface area contributed by atoms with Gasteiger partial charge in [-0.2, -0.15) is 4.84 Å². The normalized spacial score (nSPS) is 11.5. The molecule has 0 bridgehead atoms. The van der Waals surface area contributed by atoms with Gasteiger partial charge in [-0.3, -0.25) is 19.9 Å². The number of imidazole rings is 1. The molecule has 0 aliphatic rings. The van der Waals surface area contributed by atoms with Gasteiger partial charge in [-0.25, -0.2) is 10.0 Å². The van der Waals surface area contributed by atoms with E-state index in [1.165, 1.54) is 7.05 Å². The average Bonchev–Trinajstić information content (AvgIpc) is 3.15. The molecule has 0 spiro atoms. The van der Waals surface area contributed by atoms with Crippen LogP contribution in [0.25, 0.3) is 21.9 Å². The van der Waals surface area contributed by atoms with Crippen LogP contribution in [0.3, 0.4) is 0 Å². The standard InChI is InChI=1S/C21H27N5O4/c1-15(2)19-20-21(16-9-6-7-10-17(16)23-19)25(13-22-20)12-8-4-5-11-18(27)24(3)30-14-26(28)29/h6-7,9-10,13,15H,4-5,8,11-12,14H2,1-3H3. The van der Waals surface area contributed by atoms with Crippen LogP contribution in [0.4, 0.5) is 0 Å². The van der Waals surface area contributed by atoms with Crippen molar-refractivity contribution in [2.24, 2.45) is 0 Å². The third-order valence-electron chi connectivity index (χ3n) is 5.02. The predicted molar refractivity (Wildman–Crippen MR) is 113 cm³/mol. The summed E-state index contributed by atoms with van der Waals surface area (Å²) in [6, 6.07) is 8.11. The summed E-state index contributed by atoms with van der Waals surface area (Å²) in [5.41, 5.74) is 4.03. The van der Waals surface area contributed by atoms with E-state index in [-0.39, 0.29) is 11.8 Å². The van der Waals surface area contributed by atoms with Crippen molar-refractivity contribution in [2.45, 2.75) is 52.0 Å². The number of carbonyl (C=O) groups excluding carboxylic acids is 1. The van der Waals surface area contributed by atoms with E-state index in [1.54, 1.807) is 0 Å². The zero-order valence-corrected chi connectivity index (χ0v) is 17.6. The molecular formula is C21H27N5O4. The lowest BCUT2D eigenvalue weighted by Gasteiger charge is -2.13. The number of pyridine rings is 1. The van der Waals surface area contributed by atoms with Crippen molar-refractivity contribution in [1.29, 1.82) is 0 Å². The Morgan fingerprint density at radius 1 is 1.27 bits per heavy atom. The summed E-state index contributed by atoms with van der Waals surface area (Å²) in [6.45, 7) is 4.33. The lowest BCUT2D eigenvalue weighted by atomic mass is 10.1. The van der Waals surface area contributed by atoms with Crippen LogP contribution in [0.15, 0.2) is 30.6 Å². The summed E-state index contributed by atoms with van der Waals surface area (Å²) >= 11 is 0. The molecule has 0 N–H and O–H groups in total. The summed E-state index contributed by atoms with van der Waals surface area (Å²) < 4.78 is 2.17. The maximum Gasteiger partial charge on any atom is 0.326 e. The lowest BCUT2D eigenvalue weighted by Crippen LogP contribution is -2.29. The summed E-state index contributed by atoms with van der Waals surface area (Å²) in [7, 11) is 1.40. The zero-order chi connectivity index (χ0) is 21.7. The van der Waals surface area contributed by atoms with Crippen LogP contribution in [0.5, 0.6) is 0 Å². The number of para-hydroxylation sites is 1. The Balaban J connectivity index is 1.62. The molecule has 0 aliphatic heterocycles. The number of benzene rings is 1. The number of nitro groups is 1. The molecule has 0 saturated carbocycles. The largest absolute Gasteiger partial charge is 0.330 e. The van der Waals surface area contributed by atoms with E-state index in [1.807, 2.05) is 24.5 Å². The van der Waals surface area contributed by atoms with Crippen LogP contribution in [0.2, 0.25) is 0 Å². The highest BCUT2D eigenvalue weighted by atomic mass is 16.7. The second kappa shape index (κ2) is 9.62. The van der Waals surface area contributed by atoms with Gasteiger partial charge in [0.05, 0.1) is 28.0 Å². The van der Waals surface area contributed by atoms with Crippen LogP contribution in [-0.4, -0.2) is 44.2 Å². The minimum absolute atomic E-state index is 0.261. The summed E-state index contributed by atoms with van der Waals surface area (Å²) in [4.78, 5) is 35.8. The molecule has 30 heavy (non-hydrogen) atoms. The number of aromatic nitrogens is 3. The van der Waals surface area contributed by atoms with Crippen molar-refractivity contribution in [3.63, 3.8) is 0 Å². The number of fused-ring (bicyclic) bond motifs is 3. The number of amides is 1. The highest BCUT2D eigenvalue weighted by Crippen LogP contribution is 2.29. The Morgan fingerprint density at radius 3 is 2.77 bits per heavy atom. The number of hydroxylamine groups is 2. The Bertz CT molecular complexity index is 1050. The Hall–Kier alpha value is -3.07. The van der Waals surface area contributed by atoms with Crippen LogP contribution >= 0.6 is 0 Å². The van der Waals surface area contributed by atoms with E-state index >= 15 is 0 Å². The van der Waals surface area contributed by atoms with Crippen molar-refractivity contribution in [3.05, 3.63) is 46.4 Å². The summed E-state index contributed by atoms with van der Waals surface area (Å²) in [5.74, 6) is 0.0181. The van der Waals surface area contributed by atoms with Gasteiger partial charge in [0.1, 0.15) is 5.52 Å². The van der Waals surface area contributed by atoms with E-state index in [4.69, 9.17) is 9.82 Å². The fourth-order valence-electron chi connectivity index (χ4n) is 3.48. The Kier molecular flexibility index (Phi) is 6.94. The second-order valence-corrected chi connectivity index (χ2v) is 7.60. The average molecular weight is 413 g/mol. The summed E-state index contributed by atoms with van der Waals surface area (Å²) in [6.07, 6.45) is 4.61. The van der Waals surface area contributed by atoms with Crippen LogP contribution in [-0.2, 0) is 16.2 Å². The smallest absolute Gasteiger partial charge is 0.326 e. The molecule has 0 atom stereocenters. The molecule has 0 unspecified atom stereocenters. The van der Waals surface area contributed by atoms with Gasteiger partial charge in [0, 0.05) is 25.4 Å². The van der Waals surface area contributed by atoms with Gasteiger partial charge in [-0.05, 0) is 24.8 Å². The number of carbonyl (C=O) groups is 1. The first-order valence-corrected chi connectivity index (χ1v) is 10.1.